The molecule has 0 aliphatic heterocycles. The molecule has 114 valence electrons. The van der Waals surface area contributed by atoms with E-state index in [9.17, 15) is 4.79 Å². The van der Waals surface area contributed by atoms with Crippen LogP contribution in [0.3, 0.4) is 0 Å². The van der Waals surface area contributed by atoms with Crippen LogP contribution in [0.2, 0.25) is 0 Å². The molecule has 3 aromatic rings. The maximum absolute atomic E-state index is 12.9. The Morgan fingerprint density at radius 2 is 1.57 bits per heavy atom. The number of nitrogen functional groups attached to an aromatic ring is 1. The predicted octanol–water partition coefficient (Wildman–Crippen LogP) is 3.51. The van der Waals surface area contributed by atoms with Gasteiger partial charge in [0.25, 0.3) is 5.91 Å². The van der Waals surface area contributed by atoms with E-state index in [4.69, 9.17) is 5.73 Å². The molecule has 23 heavy (non-hydrogen) atoms. The van der Waals surface area contributed by atoms with Gasteiger partial charge in [-0.15, -0.1) is 0 Å². The van der Waals surface area contributed by atoms with Crippen LogP contribution in [-0.2, 0) is 6.54 Å². The third-order valence-corrected chi connectivity index (χ3v) is 3.53. The largest absolute Gasteiger partial charge is 0.384 e. The summed E-state index contributed by atoms with van der Waals surface area (Å²) in [5.74, 6) is 0.295. The smallest absolute Gasteiger partial charge is 0.260 e. The van der Waals surface area contributed by atoms with Crippen molar-refractivity contribution in [1.82, 2.24) is 4.98 Å². The second-order valence-electron chi connectivity index (χ2n) is 5.18. The number of nitrogens with zero attached hydrogens (tertiary/aromatic N) is 2. The number of nitrogens with two attached hydrogens (primary N) is 1. The number of hydrogen-bond acceptors (Lipinski definition) is 3. The van der Waals surface area contributed by atoms with Crippen LogP contribution in [0, 0.1) is 0 Å². The summed E-state index contributed by atoms with van der Waals surface area (Å²) in [4.78, 5) is 18.7. The minimum absolute atomic E-state index is 0.104. The average molecular weight is 303 g/mol. The first-order valence-corrected chi connectivity index (χ1v) is 7.36. The summed E-state index contributed by atoms with van der Waals surface area (Å²) in [5, 5.41) is 0. The Bertz CT molecular complexity index is 771. The predicted molar refractivity (Wildman–Crippen MR) is 92.0 cm³/mol. The molecule has 0 spiro atoms. The first-order chi connectivity index (χ1) is 11.2. The minimum atomic E-state index is -0.104. The Kier molecular flexibility index (Phi) is 4.34. The Morgan fingerprint density at radius 3 is 2.17 bits per heavy atom. The molecule has 0 aliphatic rings. The van der Waals surface area contributed by atoms with Crippen molar-refractivity contribution >= 4 is 17.4 Å². The Balaban J connectivity index is 1.94. The zero-order chi connectivity index (χ0) is 16.1. The van der Waals surface area contributed by atoms with Gasteiger partial charge in [-0.25, -0.2) is 4.98 Å². The van der Waals surface area contributed by atoms with Crippen molar-refractivity contribution in [2.45, 2.75) is 6.54 Å². The molecule has 0 radical (unpaired) electrons. The van der Waals surface area contributed by atoms with Gasteiger partial charge < -0.3 is 10.6 Å². The first kappa shape index (κ1) is 14.8. The molecule has 0 fully saturated rings. The highest BCUT2D eigenvalue weighted by atomic mass is 16.2. The Morgan fingerprint density at radius 1 is 0.913 bits per heavy atom. The van der Waals surface area contributed by atoms with Crippen LogP contribution in [0.15, 0.2) is 79.0 Å². The van der Waals surface area contributed by atoms with E-state index in [1.807, 2.05) is 60.7 Å². The molecule has 0 unspecified atom stereocenters. The standard InChI is InChI=1S/C19H17N3O/c20-18-12-11-16(13-21-18)19(23)22(17-9-5-2-6-10-17)14-15-7-3-1-4-8-15/h1-13H,14H2,(H2,20,21). The summed E-state index contributed by atoms with van der Waals surface area (Å²) in [6.07, 6.45) is 1.51. The molecular weight excluding hydrogens is 286 g/mol. The normalized spacial score (nSPS) is 10.3. The van der Waals surface area contributed by atoms with Gasteiger partial charge in [-0.3, -0.25) is 4.79 Å². The van der Waals surface area contributed by atoms with Gasteiger partial charge >= 0.3 is 0 Å². The fourth-order valence-electron chi connectivity index (χ4n) is 2.34. The average Bonchev–Trinajstić information content (AvgIpc) is 2.61. The van der Waals surface area contributed by atoms with E-state index in [2.05, 4.69) is 4.98 Å². The zero-order valence-electron chi connectivity index (χ0n) is 12.6. The molecule has 4 nitrogen and oxygen atoms in total. The van der Waals surface area contributed by atoms with Crippen LogP contribution < -0.4 is 10.6 Å². The number of pyridine rings is 1. The van der Waals surface area contributed by atoms with Crippen LogP contribution in [0.4, 0.5) is 11.5 Å². The van der Waals surface area contributed by atoms with E-state index in [1.165, 1.54) is 6.20 Å². The fraction of sp³-hybridized carbons (Fsp3) is 0.0526. The molecule has 0 bridgehead atoms. The molecule has 0 saturated heterocycles. The van der Waals surface area contributed by atoms with Crippen molar-refractivity contribution in [3.05, 3.63) is 90.1 Å². The third-order valence-electron chi connectivity index (χ3n) is 3.53. The quantitative estimate of drug-likeness (QED) is 0.802. The van der Waals surface area contributed by atoms with Gasteiger partial charge in [-0.2, -0.15) is 0 Å². The Labute approximate surface area is 135 Å². The number of hydrogen-bond donors (Lipinski definition) is 1. The van der Waals surface area contributed by atoms with Crippen molar-refractivity contribution in [3.63, 3.8) is 0 Å². The number of anilines is 2. The molecule has 4 heteroatoms. The van der Waals surface area contributed by atoms with Gasteiger partial charge in [0.05, 0.1) is 12.1 Å². The number of para-hydroxylation sites is 1. The van der Waals surface area contributed by atoms with E-state index >= 15 is 0 Å². The number of carbonyl (C=O) groups excluding carboxylic acids is 1. The van der Waals surface area contributed by atoms with E-state index in [0.29, 0.717) is 17.9 Å². The molecule has 0 atom stereocenters. The lowest BCUT2D eigenvalue weighted by molar-refractivity contribution is 0.0985. The molecule has 0 saturated carbocycles. The van der Waals surface area contributed by atoms with Crippen molar-refractivity contribution in [2.24, 2.45) is 0 Å². The van der Waals surface area contributed by atoms with Crippen LogP contribution in [0.1, 0.15) is 15.9 Å². The van der Waals surface area contributed by atoms with Crippen LogP contribution in [-0.4, -0.2) is 10.9 Å². The summed E-state index contributed by atoms with van der Waals surface area (Å²) >= 11 is 0. The molecule has 1 heterocycles. The summed E-state index contributed by atoms with van der Waals surface area (Å²) in [7, 11) is 0. The molecule has 2 aromatic carbocycles. The van der Waals surface area contributed by atoms with Gasteiger partial charge in [0, 0.05) is 11.9 Å². The van der Waals surface area contributed by atoms with E-state index in [-0.39, 0.29) is 5.91 Å². The maximum atomic E-state index is 12.9. The molecular formula is C19H17N3O. The molecule has 2 N–H and O–H groups in total. The Hall–Kier alpha value is -3.14. The van der Waals surface area contributed by atoms with Crippen LogP contribution in [0.5, 0.6) is 0 Å². The highest BCUT2D eigenvalue weighted by Gasteiger charge is 2.18. The third kappa shape index (κ3) is 3.55. The van der Waals surface area contributed by atoms with Crippen molar-refractivity contribution in [1.29, 1.82) is 0 Å². The van der Waals surface area contributed by atoms with Crippen LogP contribution >= 0.6 is 0 Å². The van der Waals surface area contributed by atoms with Crippen molar-refractivity contribution in [2.75, 3.05) is 10.6 Å². The lowest BCUT2D eigenvalue weighted by Crippen LogP contribution is -2.30. The van der Waals surface area contributed by atoms with E-state index in [1.54, 1.807) is 17.0 Å². The van der Waals surface area contributed by atoms with Crippen molar-refractivity contribution in [3.8, 4) is 0 Å². The second-order valence-corrected chi connectivity index (χ2v) is 5.18. The SMILES string of the molecule is Nc1ccc(C(=O)N(Cc2ccccc2)c2ccccc2)cn1. The topological polar surface area (TPSA) is 59.2 Å². The summed E-state index contributed by atoms with van der Waals surface area (Å²) in [6.45, 7) is 0.494. The summed E-state index contributed by atoms with van der Waals surface area (Å²) in [5.41, 5.74) is 8.02. The first-order valence-electron chi connectivity index (χ1n) is 7.36. The van der Waals surface area contributed by atoms with Gasteiger partial charge in [-0.05, 0) is 29.8 Å². The molecule has 3 rings (SSSR count). The molecule has 1 amide bonds. The number of benzene rings is 2. The van der Waals surface area contributed by atoms with E-state index < -0.39 is 0 Å². The highest BCUT2D eigenvalue weighted by Crippen LogP contribution is 2.20. The van der Waals surface area contributed by atoms with Crippen LogP contribution in [0.25, 0.3) is 0 Å². The maximum Gasteiger partial charge on any atom is 0.260 e. The monoisotopic (exact) mass is 303 g/mol. The lowest BCUT2D eigenvalue weighted by Gasteiger charge is -2.23. The zero-order valence-corrected chi connectivity index (χ0v) is 12.6. The second kappa shape index (κ2) is 6.75. The summed E-state index contributed by atoms with van der Waals surface area (Å²) in [6, 6.07) is 22.9. The number of aromatic nitrogens is 1. The number of carbonyl (C=O) groups is 1. The van der Waals surface area contributed by atoms with Crippen molar-refractivity contribution < 1.29 is 4.79 Å². The van der Waals surface area contributed by atoms with Gasteiger partial charge in [0.1, 0.15) is 5.82 Å². The van der Waals surface area contributed by atoms with E-state index in [0.717, 1.165) is 11.3 Å². The number of amides is 1. The lowest BCUT2D eigenvalue weighted by atomic mass is 10.1. The van der Waals surface area contributed by atoms with Gasteiger partial charge in [0.15, 0.2) is 0 Å². The molecule has 0 aliphatic carbocycles. The van der Waals surface area contributed by atoms with Gasteiger partial charge in [-0.1, -0.05) is 48.5 Å². The van der Waals surface area contributed by atoms with Gasteiger partial charge in [0.2, 0.25) is 0 Å². The molecule has 1 aromatic heterocycles. The summed E-state index contributed by atoms with van der Waals surface area (Å²) < 4.78 is 0. The fourth-order valence-corrected chi connectivity index (χ4v) is 2.34. The minimum Gasteiger partial charge on any atom is -0.384 e. The highest BCUT2D eigenvalue weighted by molar-refractivity contribution is 6.05. The number of rotatable bonds is 4.